The lowest BCUT2D eigenvalue weighted by Gasteiger charge is -2.30. The van der Waals surface area contributed by atoms with Gasteiger partial charge in [0.05, 0.1) is 22.3 Å². The third-order valence-corrected chi connectivity index (χ3v) is 6.68. The van der Waals surface area contributed by atoms with Crippen LogP contribution in [0.2, 0.25) is 0 Å². The highest BCUT2D eigenvalue weighted by Gasteiger charge is 2.23. The minimum absolute atomic E-state index is 0.0193. The number of fused-ring (bicyclic) bond motifs is 1. The number of hydrogen-bond donors (Lipinski definition) is 0. The van der Waals surface area contributed by atoms with E-state index in [2.05, 4.69) is 29.2 Å². The summed E-state index contributed by atoms with van der Waals surface area (Å²) in [6, 6.07) is 13.7. The van der Waals surface area contributed by atoms with E-state index in [0.717, 1.165) is 38.0 Å². The summed E-state index contributed by atoms with van der Waals surface area (Å²) >= 11 is 1.84. The van der Waals surface area contributed by atoms with Crippen molar-refractivity contribution >= 4 is 27.3 Å². The van der Waals surface area contributed by atoms with Gasteiger partial charge in [-0.2, -0.15) is 0 Å². The molecular formula is C23H26N2O3S. The van der Waals surface area contributed by atoms with Gasteiger partial charge in [-0.05, 0) is 63.2 Å². The lowest BCUT2D eigenvalue weighted by atomic mass is 9.97. The normalized spacial score (nSPS) is 15.5. The Bertz CT molecular complexity index is 960. The predicted octanol–water partition coefficient (Wildman–Crippen LogP) is 4.77. The summed E-state index contributed by atoms with van der Waals surface area (Å²) in [5.74, 6) is 1.86. The minimum atomic E-state index is 0.0193. The molecule has 1 aliphatic heterocycles. The maximum Gasteiger partial charge on any atom is 0.161 e. The smallest absolute Gasteiger partial charge is 0.161 e. The van der Waals surface area contributed by atoms with Gasteiger partial charge in [0.1, 0.15) is 6.61 Å². The summed E-state index contributed by atoms with van der Waals surface area (Å²) in [6.45, 7) is 5.15. The Morgan fingerprint density at radius 1 is 1.17 bits per heavy atom. The van der Waals surface area contributed by atoms with Crippen LogP contribution >= 0.6 is 11.3 Å². The van der Waals surface area contributed by atoms with Crippen LogP contribution in [0.15, 0.2) is 42.5 Å². The average molecular weight is 411 g/mol. The molecule has 1 fully saturated rings. The summed E-state index contributed by atoms with van der Waals surface area (Å²) in [5, 5.41) is 1.28. The maximum atomic E-state index is 11.5. The fourth-order valence-electron chi connectivity index (χ4n) is 3.76. The monoisotopic (exact) mass is 410 g/mol. The highest BCUT2D eigenvalue weighted by molar-refractivity contribution is 7.18. The Balaban J connectivity index is 1.27. The van der Waals surface area contributed by atoms with E-state index in [0.29, 0.717) is 29.6 Å². The standard InChI is InChI=1S/C23H26N2O3S/c1-16(26)18-7-8-20(21(15-18)27-2)28-14-13-25-11-9-17(10-12-25)23-24-19-5-3-4-6-22(19)29-23/h3-8,15,17H,9-14H2,1-2H3. The van der Waals surface area contributed by atoms with Crippen LogP contribution in [-0.4, -0.2) is 49.0 Å². The van der Waals surface area contributed by atoms with Gasteiger partial charge >= 0.3 is 0 Å². The second-order valence-electron chi connectivity index (χ2n) is 7.41. The van der Waals surface area contributed by atoms with E-state index in [1.807, 2.05) is 17.4 Å². The highest BCUT2D eigenvalue weighted by atomic mass is 32.1. The van der Waals surface area contributed by atoms with Gasteiger partial charge in [-0.25, -0.2) is 4.98 Å². The van der Waals surface area contributed by atoms with E-state index in [9.17, 15) is 4.79 Å². The summed E-state index contributed by atoms with van der Waals surface area (Å²) in [7, 11) is 1.60. The molecule has 5 nitrogen and oxygen atoms in total. The highest BCUT2D eigenvalue weighted by Crippen LogP contribution is 2.34. The number of benzene rings is 2. The maximum absolute atomic E-state index is 11.5. The molecule has 4 rings (SSSR count). The van der Waals surface area contributed by atoms with E-state index >= 15 is 0 Å². The molecule has 1 saturated heterocycles. The number of thiazole rings is 1. The molecule has 0 amide bonds. The fraction of sp³-hybridized carbons (Fsp3) is 0.391. The van der Waals surface area contributed by atoms with Gasteiger partial charge in [-0.1, -0.05) is 12.1 Å². The lowest BCUT2D eigenvalue weighted by Crippen LogP contribution is -2.35. The zero-order valence-electron chi connectivity index (χ0n) is 16.9. The van der Waals surface area contributed by atoms with Gasteiger partial charge in [0, 0.05) is 18.0 Å². The zero-order valence-corrected chi connectivity index (χ0v) is 17.7. The van der Waals surface area contributed by atoms with Gasteiger partial charge in [0.15, 0.2) is 17.3 Å². The Morgan fingerprint density at radius 2 is 1.97 bits per heavy atom. The zero-order chi connectivity index (χ0) is 20.2. The summed E-state index contributed by atoms with van der Waals surface area (Å²) in [5.41, 5.74) is 1.75. The number of aromatic nitrogens is 1. The third kappa shape index (κ3) is 4.60. The minimum Gasteiger partial charge on any atom is -0.493 e. The number of nitrogens with zero attached hydrogens (tertiary/aromatic N) is 2. The average Bonchev–Trinajstić information content (AvgIpc) is 3.18. The van der Waals surface area contributed by atoms with Crippen LogP contribution in [0.25, 0.3) is 10.2 Å². The molecule has 0 spiro atoms. The molecule has 0 aliphatic carbocycles. The van der Waals surface area contributed by atoms with Crippen molar-refractivity contribution in [1.82, 2.24) is 9.88 Å². The van der Waals surface area contributed by atoms with Gasteiger partial charge in [-0.3, -0.25) is 9.69 Å². The summed E-state index contributed by atoms with van der Waals surface area (Å²) in [6.07, 6.45) is 2.27. The fourth-order valence-corrected chi connectivity index (χ4v) is 4.90. The molecular weight excluding hydrogens is 384 g/mol. The quantitative estimate of drug-likeness (QED) is 0.526. The van der Waals surface area contributed by atoms with Crippen LogP contribution in [0.5, 0.6) is 11.5 Å². The topological polar surface area (TPSA) is 51.7 Å². The van der Waals surface area contributed by atoms with Crippen molar-refractivity contribution in [3.05, 3.63) is 53.0 Å². The number of ketones is 1. The second-order valence-corrected chi connectivity index (χ2v) is 8.47. The number of hydrogen-bond acceptors (Lipinski definition) is 6. The number of rotatable bonds is 7. The Hall–Kier alpha value is -2.44. The molecule has 1 aliphatic rings. The van der Waals surface area contributed by atoms with Gasteiger partial charge < -0.3 is 9.47 Å². The first-order chi connectivity index (χ1) is 14.1. The molecule has 1 aromatic heterocycles. The first-order valence-corrected chi connectivity index (χ1v) is 10.9. The number of ether oxygens (including phenoxy) is 2. The van der Waals surface area contributed by atoms with Crippen molar-refractivity contribution in [3.8, 4) is 11.5 Å². The molecule has 29 heavy (non-hydrogen) atoms. The van der Waals surface area contributed by atoms with Gasteiger partial charge in [0.25, 0.3) is 0 Å². The van der Waals surface area contributed by atoms with Crippen LogP contribution in [0, 0.1) is 0 Å². The molecule has 2 aromatic carbocycles. The second kappa shape index (κ2) is 8.93. The summed E-state index contributed by atoms with van der Waals surface area (Å²) in [4.78, 5) is 18.8. The molecule has 0 unspecified atom stereocenters. The Morgan fingerprint density at radius 3 is 2.69 bits per heavy atom. The predicted molar refractivity (Wildman–Crippen MR) is 117 cm³/mol. The van der Waals surface area contributed by atoms with E-state index in [1.165, 1.54) is 9.71 Å². The van der Waals surface area contributed by atoms with Crippen molar-refractivity contribution in [2.24, 2.45) is 0 Å². The van der Waals surface area contributed by atoms with Gasteiger partial charge in [-0.15, -0.1) is 11.3 Å². The van der Waals surface area contributed by atoms with Crippen LogP contribution in [0.4, 0.5) is 0 Å². The molecule has 0 atom stereocenters. The Labute approximate surface area is 175 Å². The van der Waals surface area contributed by atoms with Crippen LogP contribution in [-0.2, 0) is 0 Å². The molecule has 2 heterocycles. The van der Waals surface area contributed by atoms with Crippen LogP contribution in [0.1, 0.15) is 41.0 Å². The van der Waals surface area contributed by atoms with Crippen molar-refractivity contribution < 1.29 is 14.3 Å². The number of para-hydroxylation sites is 1. The SMILES string of the molecule is COc1cc(C(C)=O)ccc1OCCN1CCC(c2nc3ccccc3s2)CC1. The van der Waals surface area contributed by atoms with Crippen molar-refractivity contribution in [1.29, 1.82) is 0 Å². The molecule has 0 bridgehead atoms. The van der Waals surface area contributed by atoms with Crippen molar-refractivity contribution in [3.63, 3.8) is 0 Å². The first kappa shape index (κ1) is 19.9. The first-order valence-electron chi connectivity index (χ1n) is 10.0. The number of likely N-dealkylation sites (tertiary alicyclic amines) is 1. The molecule has 0 N–H and O–H groups in total. The Kier molecular flexibility index (Phi) is 6.11. The molecule has 0 radical (unpaired) electrons. The molecule has 152 valence electrons. The number of methoxy groups -OCH3 is 1. The van der Waals surface area contributed by atoms with E-state index in [-0.39, 0.29) is 5.78 Å². The summed E-state index contributed by atoms with van der Waals surface area (Å²) < 4.78 is 12.6. The van der Waals surface area contributed by atoms with Crippen molar-refractivity contribution in [2.75, 3.05) is 33.4 Å². The number of Topliss-reactive ketones (excluding diaryl/α,β-unsaturated/α-hetero) is 1. The van der Waals surface area contributed by atoms with E-state index in [1.54, 1.807) is 26.2 Å². The lowest BCUT2D eigenvalue weighted by molar-refractivity contribution is 0.101. The van der Waals surface area contributed by atoms with Crippen LogP contribution in [0.3, 0.4) is 0 Å². The van der Waals surface area contributed by atoms with E-state index in [4.69, 9.17) is 14.5 Å². The van der Waals surface area contributed by atoms with Crippen molar-refractivity contribution in [2.45, 2.75) is 25.7 Å². The van der Waals surface area contributed by atoms with Gasteiger partial charge in [0.2, 0.25) is 0 Å². The number of piperidine rings is 1. The number of carbonyl (C=O) groups excluding carboxylic acids is 1. The van der Waals surface area contributed by atoms with E-state index < -0.39 is 0 Å². The molecule has 6 heteroatoms. The molecule has 0 saturated carbocycles. The molecule has 3 aromatic rings. The van der Waals surface area contributed by atoms with Crippen LogP contribution < -0.4 is 9.47 Å². The third-order valence-electron chi connectivity index (χ3n) is 5.48. The largest absolute Gasteiger partial charge is 0.493 e. The number of carbonyl (C=O) groups is 1.